The number of thioether (sulfide) groups is 2. The van der Waals surface area contributed by atoms with Crippen LogP contribution in [0.3, 0.4) is 0 Å². The normalized spacial score (nSPS) is 23.8. The highest BCUT2D eigenvalue weighted by atomic mass is 32.2. The molecule has 28 heavy (non-hydrogen) atoms. The number of carbonyl (C=O) groups is 3. The molecule has 2 aliphatic rings. The number of nitrogens with two attached hydrogens (primary N) is 1. The van der Waals surface area contributed by atoms with E-state index < -0.39 is 40.4 Å². The Morgan fingerprint density at radius 3 is 2.79 bits per heavy atom. The summed E-state index contributed by atoms with van der Waals surface area (Å²) in [5, 5.41) is 32.1. The van der Waals surface area contributed by atoms with Gasteiger partial charge in [-0.2, -0.15) is 0 Å². The van der Waals surface area contributed by atoms with Crippen molar-refractivity contribution in [2.45, 2.75) is 48.0 Å². The number of H-pyrrole nitrogens is 1. The zero-order valence-corrected chi connectivity index (χ0v) is 16.6. The van der Waals surface area contributed by atoms with Crippen LogP contribution in [0.4, 0.5) is 0 Å². The van der Waals surface area contributed by atoms with Gasteiger partial charge in [-0.25, -0.2) is 9.89 Å². The number of carbonyl (C=O) groups excluding carboxylic acids is 1. The first-order valence-corrected chi connectivity index (χ1v) is 10.6. The number of aromatic amines is 1. The second kappa shape index (κ2) is 8.49. The first-order chi connectivity index (χ1) is 13.4. The number of hydrogen-bond donors (Lipinski definition) is 4. The Bertz CT molecular complexity index is 801. The van der Waals surface area contributed by atoms with Crippen LogP contribution in [0.2, 0.25) is 0 Å². The number of aromatic nitrogens is 4. The van der Waals surface area contributed by atoms with E-state index in [1.165, 1.54) is 16.7 Å². The van der Waals surface area contributed by atoms with Gasteiger partial charge in [0.15, 0.2) is 0 Å². The fraction of sp³-hybridized carbons (Fsp3) is 0.600. The fourth-order valence-electron chi connectivity index (χ4n) is 3.30. The lowest BCUT2D eigenvalue weighted by Gasteiger charge is -2.49. The summed E-state index contributed by atoms with van der Waals surface area (Å²) in [5.41, 5.74) is 5.98. The molecule has 0 saturated carbocycles. The number of tetrazole rings is 1. The Kier molecular flexibility index (Phi) is 6.25. The molecule has 1 amide bonds. The molecule has 13 heteroatoms. The first kappa shape index (κ1) is 20.6. The molecule has 1 aromatic heterocycles. The molecule has 1 saturated heterocycles. The zero-order chi connectivity index (χ0) is 20.4. The number of unbranched alkanes of at least 4 members (excludes halogenated alkanes) is 1. The van der Waals surface area contributed by atoms with E-state index in [1.54, 1.807) is 0 Å². The summed E-state index contributed by atoms with van der Waals surface area (Å²) in [6.07, 6.45) is 1.83. The van der Waals surface area contributed by atoms with Gasteiger partial charge in [0, 0.05) is 5.75 Å². The van der Waals surface area contributed by atoms with Gasteiger partial charge in [-0.05, 0) is 22.4 Å². The van der Waals surface area contributed by atoms with Crippen LogP contribution in [0.15, 0.2) is 16.4 Å². The number of rotatable bonds is 9. The van der Waals surface area contributed by atoms with Gasteiger partial charge in [-0.15, -0.1) is 16.9 Å². The lowest BCUT2D eigenvalue weighted by molar-refractivity contribution is -0.148. The maximum absolute atomic E-state index is 12.2. The van der Waals surface area contributed by atoms with Crippen molar-refractivity contribution in [3.05, 3.63) is 11.3 Å². The number of β-lactam (4-membered cyclic amide) rings is 1. The number of carboxylic acids is 2. The van der Waals surface area contributed by atoms with Crippen molar-refractivity contribution in [2.24, 2.45) is 11.7 Å². The van der Waals surface area contributed by atoms with Crippen LogP contribution in [0.5, 0.6) is 0 Å². The quantitative estimate of drug-likeness (QED) is 0.311. The summed E-state index contributed by atoms with van der Waals surface area (Å²) in [6.45, 7) is 1.95. The van der Waals surface area contributed by atoms with Gasteiger partial charge in [-0.1, -0.05) is 31.5 Å². The Hall–Kier alpha value is -2.12. The van der Waals surface area contributed by atoms with Crippen LogP contribution in [0.25, 0.3) is 0 Å². The second-order valence-corrected chi connectivity index (χ2v) is 8.68. The third kappa shape index (κ3) is 3.73. The SMILES string of the molecule is CCCCC(C(=O)O)C(Sc1nnn[nH]1)C1=C(C(=O)O)N2C(=O)C(N)[C@H]2SC1. The van der Waals surface area contributed by atoms with Gasteiger partial charge in [0.05, 0.1) is 11.2 Å². The predicted octanol–water partition coefficient (Wildman–Crippen LogP) is 0.133. The van der Waals surface area contributed by atoms with Crippen LogP contribution in [-0.4, -0.2) is 76.0 Å². The van der Waals surface area contributed by atoms with Gasteiger partial charge < -0.3 is 15.9 Å². The summed E-state index contributed by atoms with van der Waals surface area (Å²) < 4.78 is 0. The molecule has 3 heterocycles. The zero-order valence-electron chi connectivity index (χ0n) is 14.9. The third-order valence-electron chi connectivity index (χ3n) is 4.70. The van der Waals surface area contributed by atoms with Crippen LogP contribution in [0.1, 0.15) is 26.2 Å². The third-order valence-corrected chi connectivity index (χ3v) is 7.29. The smallest absolute Gasteiger partial charge is 0.352 e. The van der Waals surface area contributed by atoms with Crippen molar-refractivity contribution >= 4 is 41.4 Å². The number of carboxylic acid groups (broad SMARTS) is 2. The predicted molar refractivity (Wildman–Crippen MR) is 100 cm³/mol. The van der Waals surface area contributed by atoms with E-state index in [9.17, 15) is 24.6 Å². The summed E-state index contributed by atoms with van der Waals surface area (Å²) in [7, 11) is 0. The molecule has 2 aliphatic heterocycles. The second-order valence-electron chi connectivity index (χ2n) is 6.45. The highest BCUT2D eigenvalue weighted by Crippen LogP contribution is 2.45. The lowest BCUT2D eigenvalue weighted by Crippen LogP contribution is -2.68. The van der Waals surface area contributed by atoms with Crippen molar-refractivity contribution in [3.8, 4) is 0 Å². The molecule has 0 radical (unpaired) electrons. The molecular weight excluding hydrogens is 408 g/mol. The Morgan fingerprint density at radius 1 is 1.46 bits per heavy atom. The molecule has 0 aromatic carbocycles. The standard InChI is InChI=1S/C15H20N6O5S2/c1-2-3-4-6(13(23)24)10(28-15-17-19-20-18-15)7-5-27-12-8(16)11(22)21(12)9(7)14(25)26/h6,8,10,12H,2-5,16H2,1H3,(H,23,24)(H,25,26)(H,17,18,19,20)/t6?,8?,10?,12-/m1/s1. The number of aliphatic carboxylic acids is 2. The van der Waals surface area contributed by atoms with Crippen molar-refractivity contribution in [1.29, 1.82) is 0 Å². The van der Waals surface area contributed by atoms with E-state index in [-0.39, 0.29) is 16.6 Å². The Balaban J connectivity index is 2.05. The van der Waals surface area contributed by atoms with E-state index in [0.717, 1.165) is 18.2 Å². The van der Waals surface area contributed by atoms with Crippen LogP contribution < -0.4 is 5.73 Å². The number of nitrogens with one attached hydrogen (secondary N) is 1. The lowest BCUT2D eigenvalue weighted by atomic mass is 9.91. The van der Waals surface area contributed by atoms with E-state index in [4.69, 9.17) is 5.73 Å². The summed E-state index contributed by atoms with van der Waals surface area (Å²) in [5.74, 6) is -3.38. The number of hydrogen-bond acceptors (Lipinski definition) is 9. The molecule has 152 valence electrons. The van der Waals surface area contributed by atoms with Gasteiger partial charge >= 0.3 is 11.9 Å². The maximum atomic E-state index is 12.2. The van der Waals surface area contributed by atoms with Gasteiger partial charge in [0.25, 0.3) is 0 Å². The number of amides is 1. The van der Waals surface area contributed by atoms with Crippen molar-refractivity contribution < 1.29 is 24.6 Å². The van der Waals surface area contributed by atoms with E-state index in [0.29, 0.717) is 18.4 Å². The molecule has 1 aromatic rings. The molecule has 1 fully saturated rings. The largest absolute Gasteiger partial charge is 0.481 e. The van der Waals surface area contributed by atoms with Gasteiger partial charge in [0.1, 0.15) is 17.1 Å². The van der Waals surface area contributed by atoms with E-state index in [1.807, 2.05) is 6.92 Å². The molecule has 4 atom stereocenters. The van der Waals surface area contributed by atoms with Gasteiger partial charge in [-0.3, -0.25) is 14.5 Å². The minimum absolute atomic E-state index is 0.178. The molecular formula is C15H20N6O5S2. The van der Waals surface area contributed by atoms with E-state index in [2.05, 4.69) is 20.6 Å². The summed E-state index contributed by atoms with van der Waals surface area (Å²) >= 11 is 2.40. The molecule has 5 N–H and O–H groups in total. The molecule has 11 nitrogen and oxygen atoms in total. The maximum Gasteiger partial charge on any atom is 0.352 e. The minimum Gasteiger partial charge on any atom is -0.481 e. The monoisotopic (exact) mass is 428 g/mol. The molecule has 0 bridgehead atoms. The summed E-state index contributed by atoms with van der Waals surface area (Å²) in [4.78, 5) is 37.4. The topological polar surface area (TPSA) is 175 Å². The minimum atomic E-state index is -1.28. The fourth-order valence-corrected chi connectivity index (χ4v) is 5.93. The summed E-state index contributed by atoms with van der Waals surface area (Å²) in [6, 6.07) is -0.749. The Labute approximate surface area is 168 Å². The average Bonchev–Trinajstić information content (AvgIpc) is 3.18. The van der Waals surface area contributed by atoms with Crippen molar-refractivity contribution in [3.63, 3.8) is 0 Å². The van der Waals surface area contributed by atoms with Crippen molar-refractivity contribution in [1.82, 2.24) is 25.5 Å². The van der Waals surface area contributed by atoms with Crippen LogP contribution >= 0.6 is 23.5 Å². The molecule has 3 unspecified atom stereocenters. The molecule has 0 aliphatic carbocycles. The van der Waals surface area contributed by atoms with Crippen LogP contribution in [0, 0.1) is 5.92 Å². The molecule has 0 spiro atoms. The average molecular weight is 428 g/mol. The number of nitrogens with zero attached hydrogens (tertiary/aromatic N) is 4. The highest BCUT2D eigenvalue weighted by Gasteiger charge is 2.53. The molecule has 3 rings (SSSR count). The van der Waals surface area contributed by atoms with E-state index >= 15 is 0 Å². The highest BCUT2D eigenvalue weighted by molar-refractivity contribution is 8.01. The van der Waals surface area contributed by atoms with Crippen LogP contribution in [-0.2, 0) is 14.4 Å². The first-order valence-electron chi connectivity index (χ1n) is 8.66. The van der Waals surface area contributed by atoms with Gasteiger partial charge in [0.2, 0.25) is 11.1 Å². The Morgan fingerprint density at radius 2 is 2.21 bits per heavy atom. The van der Waals surface area contributed by atoms with Crippen molar-refractivity contribution in [2.75, 3.05) is 5.75 Å². The number of fused-ring (bicyclic) bond motifs is 1.